The lowest BCUT2D eigenvalue weighted by Crippen LogP contribution is -2.51. The monoisotopic (exact) mass is 368 g/mol. The van der Waals surface area contributed by atoms with Crippen molar-refractivity contribution in [3.8, 4) is 5.75 Å². The molecular weight excluding hydrogens is 340 g/mol. The third-order valence-electron chi connectivity index (χ3n) is 4.54. The van der Waals surface area contributed by atoms with Gasteiger partial charge in [0.05, 0.1) is 18.5 Å². The molecule has 0 aromatic heterocycles. The maximum absolute atomic E-state index is 12.5. The normalized spacial score (nSPS) is 18.2. The van der Waals surface area contributed by atoms with Crippen LogP contribution in [0, 0.1) is 5.92 Å². The maximum atomic E-state index is 12.5. The minimum atomic E-state index is -3.48. The molecule has 0 spiro atoms. The summed E-state index contributed by atoms with van der Waals surface area (Å²) >= 11 is 0. The molecule has 1 amide bonds. The SMILES string of the molecule is CCCC[C@H](CC)CNC(=O)[C@@H]1CN(S(C)(=O)=O)c2ccccc2O1. The summed E-state index contributed by atoms with van der Waals surface area (Å²) in [7, 11) is -3.48. The molecule has 0 saturated heterocycles. The summed E-state index contributed by atoms with van der Waals surface area (Å²) in [5.74, 6) is 0.584. The van der Waals surface area contributed by atoms with Gasteiger partial charge in [0, 0.05) is 6.54 Å². The highest BCUT2D eigenvalue weighted by Crippen LogP contribution is 2.34. The fourth-order valence-electron chi connectivity index (χ4n) is 2.95. The Morgan fingerprint density at radius 3 is 2.72 bits per heavy atom. The molecular formula is C18H28N2O4S. The maximum Gasteiger partial charge on any atom is 0.263 e. The van der Waals surface area contributed by atoms with Gasteiger partial charge in [-0.3, -0.25) is 9.10 Å². The first kappa shape index (κ1) is 19.6. The first-order chi connectivity index (χ1) is 11.9. The molecule has 2 atom stereocenters. The van der Waals surface area contributed by atoms with E-state index in [9.17, 15) is 13.2 Å². The summed E-state index contributed by atoms with van der Waals surface area (Å²) in [5, 5.41) is 2.93. The van der Waals surface area contributed by atoms with E-state index in [1.165, 1.54) is 4.31 Å². The number of hydrogen-bond acceptors (Lipinski definition) is 4. The van der Waals surface area contributed by atoms with Gasteiger partial charge in [-0.15, -0.1) is 0 Å². The number of nitrogens with zero attached hydrogens (tertiary/aromatic N) is 1. The molecule has 0 unspecified atom stereocenters. The molecule has 0 fully saturated rings. The van der Waals surface area contributed by atoms with Gasteiger partial charge in [0.2, 0.25) is 10.0 Å². The first-order valence-corrected chi connectivity index (χ1v) is 10.7. The fourth-order valence-corrected chi connectivity index (χ4v) is 3.87. The minimum absolute atomic E-state index is 0.00652. The largest absolute Gasteiger partial charge is 0.476 e. The summed E-state index contributed by atoms with van der Waals surface area (Å²) < 4.78 is 31.2. The average molecular weight is 368 g/mol. The zero-order valence-corrected chi connectivity index (χ0v) is 16.0. The van der Waals surface area contributed by atoms with Gasteiger partial charge in [0.15, 0.2) is 6.10 Å². The Kier molecular flexibility index (Phi) is 6.70. The quantitative estimate of drug-likeness (QED) is 0.765. The molecule has 7 heteroatoms. The highest BCUT2D eigenvalue weighted by atomic mass is 32.2. The highest BCUT2D eigenvalue weighted by Gasteiger charge is 2.34. The van der Waals surface area contributed by atoms with E-state index < -0.39 is 16.1 Å². The number of ether oxygens (including phenoxy) is 1. The molecule has 25 heavy (non-hydrogen) atoms. The fraction of sp³-hybridized carbons (Fsp3) is 0.611. The second-order valence-corrected chi connectivity index (χ2v) is 8.44. The number of fused-ring (bicyclic) bond motifs is 1. The van der Waals surface area contributed by atoms with Gasteiger partial charge < -0.3 is 10.1 Å². The average Bonchev–Trinajstić information content (AvgIpc) is 2.59. The standard InChI is InChI=1S/C18H28N2O4S/c1-4-6-9-14(5-2)12-19-18(21)17-13-20(25(3,22)23)15-10-7-8-11-16(15)24-17/h7-8,10-11,14,17H,4-6,9,12-13H2,1-3H3,(H,19,21)/t14-,17-/m0/s1. The highest BCUT2D eigenvalue weighted by molar-refractivity contribution is 7.92. The molecule has 1 aromatic rings. The van der Waals surface area contributed by atoms with Crippen LogP contribution in [0.1, 0.15) is 39.5 Å². The molecule has 2 rings (SSSR count). The van der Waals surface area contributed by atoms with E-state index in [0.29, 0.717) is 23.9 Å². The number of anilines is 1. The minimum Gasteiger partial charge on any atom is -0.476 e. The number of rotatable bonds is 8. The van der Waals surface area contributed by atoms with Crippen LogP contribution in [-0.4, -0.2) is 39.8 Å². The number of nitrogens with one attached hydrogen (secondary N) is 1. The van der Waals surface area contributed by atoms with Crippen molar-refractivity contribution in [1.29, 1.82) is 0 Å². The Morgan fingerprint density at radius 1 is 1.36 bits per heavy atom. The van der Waals surface area contributed by atoms with Gasteiger partial charge in [-0.05, 0) is 24.5 Å². The van der Waals surface area contributed by atoms with Crippen LogP contribution in [0.3, 0.4) is 0 Å². The lowest BCUT2D eigenvalue weighted by molar-refractivity contribution is -0.127. The number of sulfonamides is 1. The molecule has 140 valence electrons. The van der Waals surface area contributed by atoms with Gasteiger partial charge in [-0.25, -0.2) is 8.42 Å². The van der Waals surface area contributed by atoms with Gasteiger partial charge in [-0.2, -0.15) is 0 Å². The molecule has 1 aliphatic heterocycles. The zero-order valence-electron chi connectivity index (χ0n) is 15.2. The van der Waals surface area contributed by atoms with Gasteiger partial charge in [0.1, 0.15) is 5.75 Å². The summed E-state index contributed by atoms with van der Waals surface area (Å²) in [5.41, 5.74) is 0.475. The van der Waals surface area contributed by atoms with Gasteiger partial charge in [0.25, 0.3) is 5.91 Å². The number of carbonyl (C=O) groups is 1. The summed E-state index contributed by atoms with van der Waals surface area (Å²) in [6.45, 7) is 4.85. The molecule has 1 N–H and O–H groups in total. The van der Waals surface area contributed by atoms with Crippen LogP contribution in [0.25, 0.3) is 0 Å². The Bertz CT molecular complexity index is 690. The van der Waals surface area contributed by atoms with Crippen molar-refractivity contribution in [2.24, 2.45) is 5.92 Å². The molecule has 1 aliphatic rings. The molecule has 0 bridgehead atoms. The second kappa shape index (κ2) is 8.56. The molecule has 0 aliphatic carbocycles. The van der Waals surface area contributed by atoms with E-state index >= 15 is 0 Å². The third-order valence-corrected chi connectivity index (χ3v) is 5.68. The molecule has 0 radical (unpaired) electrons. The van der Waals surface area contributed by atoms with Crippen LogP contribution in [0.4, 0.5) is 5.69 Å². The summed E-state index contributed by atoms with van der Waals surface area (Å²) in [4.78, 5) is 12.5. The Hall–Kier alpha value is -1.76. The first-order valence-electron chi connectivity index (χ1n) is 8.87. The van der Waals surface area contributed by atoms with Crippen LogP contribution >= 0.6 is 0 Å². The molecule has 1 aromatic carbocycles. The predicted octanol–water partition coefficient (Wildman–Crippen LogP) is 2.55. The Morgan fingerprint density at radius 2 is 2.08 bits per heavy atom. The van der Waals surface area contributed by atoms with Crippen molar-refractivity contribution < 1.29 is 17.9 Å². The van der Waals surface area contributed by atoms with E-state index in [-0.39, 0.29) is 12.5 Å². The number of amides is 1. The van der Waals surface area contributed by atoms with Crippen molar-refractivity contribution in [3.63, 3.8) is 0 Å². The van der Waals surface area contributed by atoms with Crippen LogP contribution in [-0.2, 0) is 14.8 Å². The third kappa shape index (κ3) is 5.11. The van der Waals surface area contributed by atoms with Crippen LogP contribution in [0.2, 0.25) is 0 Å². The lowest BCUT2D eigenvalue weighted by atomic mass is 9.99. The lowest BCUT2D eigenvalue weighted by Gasteiger charge is -2.34. The Balaban J connectivity index is 2.06. The number of para-hydroxylation sites is 2. The summed E-state index contributed by atoms with van der Waals surface area (Å²) in [6, 6.07) is 6.88. The zero-order chi connectivity index (χ0) is 18.4. The van der Waals surface area contributed by atoms with Crippen molar-refractivity contribution in [2.45, 2.75) is 45.6 Å². The van der Waals surface area contributed by atoms with Gasteiger partial charge in [-0.1, -0.05) is 45.2 Å². The van der Waals surface area contributed by atoms with Crippen molar-refractivity contribution in [3.05, 3.63) is 24.3 Å². The molecule has 1 heterocycles. The van der Waals surface area contributed by atoms with Crippen LogP contribution in [0.15, 0.2) is 24.3 Å². The van der Waals surface area contributed by atoms with Crippen LogP contribution < -0.4 is 14.4 Å². The predicted molar refractivity (Wildman–Crippen MR) is 99.4 cm³/mol. The van der Waals surface area contributed by atoms with Gasteiger partial charge >= 0.3 is 0 Å². The Labute approximate surface area is 150 Å². The van der Waals surface area contributed by atoms with E-state index in [1.54, 1.807) is 24.3 Å². The van der Waals surface area contributed by atoms with Crippen molar-refractivity contribution >= 4 is 21.6 Å². The summed E-state index contributed by atoms with van der Waals surface area (Å²) in [6.07, 6.45) is 4.66. The molecule has 0 saturated carbocycles. The van der Waals surface area contributed by atoms with Crippen molar-refractivity contribution in [1.82, 2.24) is 5.32 Å². The number of benzene rings is 1. The van der Waals surface area contributed by atoms with E-state index in [2.05, 4.69) is 19.2 Å². The smallest absolute Gasteiger partial charge is 0.263 e. The number of hydrogen-bond donors (Lipinski definition) is 1. The molecule has 6 nitrogen and oxygen atoms in total. The van der Waals surface area contributed by atoms with E-state index in [1.807, 2.05) is 0 Å². The van der Waals surface area contributed by atoms with Crippen molar-refractivity contribution in [2.75, 3.05) is 23.7 Å². The van der Waals surface area contributed by atoms with Crippen LogP contribution in [0.5, 0.6) is 5.75 Å². The van der Waals surface area contributed by atoms with E-state index in [0.717, 1.165) is 31.9 Å². The second-order valence-electron chi connectivity index (χ2n) is 6.53. The topological polar surface area (TPSA) is 75.7 Å². The number of unbranched alkanes of at least 4 members (excludes halogenated alkanes) is 1. The van der Waals surface area contributed by atoms with E-state index in [4.69, 9.17) is 4.74 Å². The number of carbonyl (C=O) groups excluding carboxylic acids is 1.